The van der Waals surface area contributed by atoms with Gasteiger partial charge in [0.05, 0.1) is 12.2 Å². The molecule has 0 saturated carbocycles. The van der Waals surface area contributed by atoms with Crippen molar-refractivity contribution in [3.05, 3.63) is 18.0 Å². The van der Waals surface area contributed by atoms with Gasteiger partial charge in [-0.1, -0.05) is 41.5 Å². The summed E-state index contributed by atoms with van der Waals surface area (Å²) in [6.07, 6.45) is 8.96. The third-order valence-electron chi connectivity index (χ3n) is 6.46. The molecule has 5 nitrogen and oxygen atoms in total. The molecule has 158 valence electrons. The first kappa shape index (κ1) is 21.4. The summed E-state index contributed by atoms with van der Waals surface area (Å²) in [5, 5.41) is 4.65. The first-order chi connectivity index (χ1) is 13.0. The Labute approximate surface area is 171 Å². The average Bonchev–Trinajstić information content (AvgIpc) is 3.12. The van der Waals surface area contributed by atoms with Crippen LogP contribution in [0.5, 0.6) is 0 Å². The summed E-state index contributed by atoms with van der Waals surface area (Å²) in [4.78, 5) is 17.2. The Morgan fingerprint density at radius 1 is 1.00 bits per heavy atom. The molecule has 1 amide bonds. The van der Waals surface area contributed by atoms with Gasteiger partial charge in [-0.25, -0.2) is 0 Å². The quantitative estimate of drug-likeness (QED) is 0.783. The van der Waals surface area contributed by atoms with Crippen molar-refractivity contribution in [1.29, 1.82) is 0 Å². The van der Waals surface area contributed by atoms with Crippen molar-refractivity contribution in [2.24, 2.45) is 11.3 Å². The lowest BCUT2D eigenvalue weighted by Gasteiger charge is -2.39. The van der Waals surface area contributed by atoms with Gasteiger partial charge >= 0.3 is 0 Å². The number of piperidine rings is 2. The van der Waals surface area contributed by atoms with Gasteiger partial charge in [-0.05, 0) is 42.6 Å². The Balaban J connectivity index is 1.43. The van der Waals surface area contributed by atoms with Crippen LogP contribution in [0, 0.1) is 11.3 Å². The molecule has 3 heterocycles. The Bertz CT molecular complexity index is 651. The van der Waals surface area contributed by atoms with Crippen LogP contribution in [0.4, 0.5) is 0 Å². The monoisotopic (exact) mass is 388 g/mol. The molecule has 2 aliphatic rings. The lowest BCUT2D eigenvalue weighted by atomic mass is 9.90. The summed E-state index contributed by atoms with van der Waals surface area (Å²) in [6.45, 7) is 18.2. The fourth-order valence-corrected chi connectivity index (χ4v) is 4.45. The number of carbonyl (C=O) groups excluding carboxylic acids is 1. The number of likely N-dealkylation sites (tertiary alicyclic amines) is 2. The van der Waals surface area contributed by atoms with E-state index in [0.29, 0.717) is 11.9 Å². The van der Waals surface area contributed by atoms with E-state index in [1.54, 1.807) is 0 Å². The molecule has 2 saturated heterocycles. The molecule has 3 rings (SSSR count). The molecular formula is C23H40N4O. The van der Waals surface area contributed by atoms with E-state index in [2.05, 4.69) is 46.5 Å². The molecule has 1 aromatic heterocycles. The molecule has 0 aromatic carbocycles. The SMILES string of the molecule is CC(C)(C)C(=O)N1CCC(CN2CCC(n3cc(C(C)(C)C)cn3)CC2)CC1. The predicted octanol–water partition coefficient (Wildman–Crippen LogP) is 4.10. The van der Waals surface area contributed by atoms with Crippen molar-refractivity contribution in [1.82, 2.24) is 19.6 Å². The van der Waals surface area contributed by atoms with E-state index in [-0.39, 0.29) is 10.8 Å². The maximum absolute atomic E-state index is 12.5. The molecule has 0 atom stereocenters. The second-order valence-electron chi connectivity index (χ2n) is 11.0. The van der Waals surface area contributed by atoms with Crippen LogP contribution in [-0.2, 0) is 10.2 Å². The Hall–Kier alpha value is -1.36. The fourth-order valence-electron chi connectivity index (χ4n) is 4.45. The van der Waals surface area contributed by atoms with Gasteiger partial charge in [0, 0.05) is 44.3 Å². The Morgan fingerprint density at radius 3 is 2.11 bits per heavy atom. The minimum absolute atomic E-state index is 0.169. The normalized spacial score (nSPS) is 21.3. The molecule has 2 fully saturated rings. The Kier molecular flexibility index (Phi) is 6.23. The first-order valence-electron chi connectivity index (χ1n) is 11.1. The highest BCUT2D eigenvalue weighted by Crippen LogP contribution is 2.28. The van der Waals surface area contributed by atoms with E-state index in [1.807, 2.05) is 27.0 Å². The fraction of sp³-hybridized carbons (Fsp3) is 0.826. The van der Waals surface area contributed by atoms with E-state index in [9.17, 15) is 4.79 Å². The maximum Gasteiger partial charge on any atom is 0.227 e. The van der Waals surface area contributed by atoms with Gasteiger partial charge < -0.3 is 9.80 Å². The smallest absolute Gasteiger partial charge is 0.227 e. The molecule has 5 heteroatoms. The molecule has 1 aromatic rings. The van der Waals surface area contributed by atoms with Crippen molar-refractivity contribution in [3.63, 3.8) is 0 Å². The molecule has 2 aliphatic heterocycles. The highest BCUT2D eigenvalue weighted by molar-refractivity contribution is 5.81. The number of nitrogens with zero attached hydrogens (tertiary/aromatic N) is 4. The van der Waals surface area contributed by atoms with Crippen LogP contribution < -0.4 is 0 Å². The average molecular weight is 389 g/mol. The van der Waals surface area contributed by atoms with Crippen LogP contribution in [0.3, 0.4) is 0 Å². The summed E-state index contributed by atoms with van der Waals surface area (Å²) in [6, 6.07) is 0.540. The molecule has 28 heavy (non-hydrogen) atoms. The second-order valence-corrected chi connectivity index (χ2v) is 11.0. The van der Waals surface area contributed by atoms with E-state index < -0.39 is 0 Å². The van der Waals surface area contributed by atoms with Crippen LogP contribution in [0.15, 0.2) is 12.4 Å². The van der Waals surface area contributed by atoms with Crippen LogP contribution in [-0.4, -0.2) is 58.2 Å². The van der Waals surface area contributed by atoms with Crippen LogP contribution >= 0.6 is 0 Å². The molecule has 0 radical (unpaired) electrons. The number of carbonyl (C=O) groups is 1. The number of amides is 1. The van der Waals surface area contributed by atoms with Crippen molar-refractivity contribution in [2.75, 3.05) is 32.7 Å². The minimum Gasteiger partial charge on any atom is -0.342 e. The van der Waals surface area contributed by atoms with Crippen molar-refractivity contribution in [2.45, 2.75) is 78.7 Å². The molecule has 0 unspecified atom stereocenters. The lowest BCUT2D eigenvalue weighted by Crippen LogP contribution is -2.46. The zero-order chi connectivity index (χ0) is 20.5. The number of rotatable bonds is 3. The summed E-state index contributed by atoms with van der Waals surface area (Å²) in [5.41, 5.74) is 1.24. The molecule has 0 bridgehead atoms. The highest BCUT2D eigenvalue weighted by atomic mass is 16.2. The minimum atomic E-state index is -0.256. The predicted molar refractivity (Wildman–Crippen MR) is 114 cm³/mol. The van der Waals surface area contributed by atoms with Gasteiger partial charge in [0.1, 0.15) is 0 Å². The number of hydrogen-bond donors (Lipinski definition) is 0. The number of hydrogen-bond acceptors (Lipinski definition) is 3. The largest absolute Gasteiger partial charge is 0.342 e. The zero-order valence-corrected chi connectivity index (χ0v) is 18.9. The van der Waals surface area contributed by atoms with Gasteiger partial charge in [-0.3, -0.25) is 9.48 Å². The van der Waals surface area contributed by atoms with Crippen molar-refractivity contribution in [3.8, 4) is 0 Å². The van der Waals surface area contributed by atoms with Gasteiger partial charge in [0.15, 0.2) is 0 Å². The van der Waals surface area contributed by atoms with Crippen LogP contribution in [0.2, 0.25) is 0 Å². The van der Waals surface area contributed by atoms with E-state index in [0.717, 1.165) is 44.9 Å². The number of aromatic nitrogens is 2. The first-order valence-corrected chi connectivity index (χ1v) is 11.1. The van der Waals surface area contributed by atoms with Crippen LogP contribution in [0.1, 0.15) is 78.8 Å². The van der Waals surface area contributed by atoms with Gasteiger partial charge in [-0.2, -0.15) is 5.10 Å². The van der Waals surface area contributed by atoms with Crippen molar-refractivity contribution >= 4 is 5.91 Å². The van der Waals surface area contributed by atoms with Gasteiger partial charge in [0.25, 0.3) is 0 Å². The zero-order valence-electron chi connectivity index (χ0n) is 18.9. The lowest BCUT2D eigenvalue weighted by molar-refractivity contribution is -0.141. The second kappa shape index (κ2) is 8.17. The summed E-state index contributed by atoms with van der Waals surface area (Å²) < 4.78 is 2.20. The van der Waals surface area contributed by atoms with Crippen molar-refractivity contribution < 1.29 is 4.79 Å². The summed E-state index contributed by atoms with van der Waals surface area (Å²) in [5.74, 6) is 1.04. The molecule has 0 aliphatic carbocycles. The molecule has 0 N–H and O–H groups in total. The molecular weight excluding hydrogens is 348 g/mol. The standard InChI is InChI=1S/C23H40N4O/c1-22(2,3)19-15-24-27(17-19)20-9-11-25(12-10-20)16-18-7-13-26(14-8-18)21(28)23(4,5)6/h15,17-18,20H,7-14,16H2,1-6H3. The summed E-state index contributed by atoms with van der Waals surface area (Å²) in [7, 11) is 0. The maximum atomic E-state index is 12.5. The molecule has 0 spiro atoms. The third-order valence-corrected chi connectivity index (χ3v) is 6.46. The van der Waals surface area contributed by atoms with E-state index >= 15 is 0 Å². The van der Waals surface area contributed by atoms with Gasteiger partial charge in [0.2, 0.25) is 5.91 Å². The highest BCUT2D eigenvalue weighted by Gasteiger charge is 2.31. The van der Waals surface area contributed by atoms with E-state index in [4.69, 9.17) is 0 Å². The van der Waals surface area contributed by atoms with Gasteiger partial charge in [-0.15, -0.1) is 0 Å². The van der Waals surface area contributed by atoms with E-state index in [1.165, 1.54) is 24.9 Å². The topological polar surface area (TPSA) is 41.4 Å². The van der Waals surface area contributed by atoms with Crippen LogP contribution in [0.25, 0.3) is 0 Å². The Morgan fingerprint density at radius 2 is 1.61 bits per heavy atom. The summed E-state index contributed by atoms with van der Waals surface area (Å²) >= 11 is 0. The third kappa shape index (κ3) is 5.16.